The average Bonchev–Trinajstić information content (AvgIpc) is 2.35. The van der Waals surface area contributed by atoms with Crippen LogP contribution in [0.5, 0.6) is 5.75 Å². The first-order valence-electron chi connectivity index (χ1n) is 6.17. The van der Waals surface area contributed by atoms with E-state index in [4.69, 9.17) is 28.0 Å². The molecule has 0 spiro atoms. The zero-order chi connectivity index (χ0) is 15.7. The highest BCUT2D eigenvalue weighted by Gasteiger charge is 2.38. The minimum atomic E-state index is -3.52. The highest BCUT2D eigenvalue weighted by Crippen LogP contribution is 2.40. The van der Waals surface area contributed by atoms with E-state index in [0.717, 1.165) is 12.7 Å². The van der Waals surface area contributed by atoms with Crippen LogP contribution in [0.1, 0.15) is 24.8 Å². The molecule has 0 aliphatic heterocycles. The topological polar surface area (TPSA) is 79.2 Å². The Morgan fingerprint density at radius 2 is 2.14 bits per heavy atom. The summed E-state index contributed by atoms with van der Waals surface area (Å²) in [4.78, 5) is 0. The van der Waals surface area contributed by atoms with Crippen molar-refractivity contribution in [3.05, 3.63) is 22.7 Å². The number of halogens is 1. The van der Waals surface area contributed by atoms with E-state index in [-0.39, 0.29) is 22.0 Å². The van der Waals surface area contributed by atoms with Gasteiger partial charge in [0.1, 0.15) is 11.8 Å². The van der Waals surface area contributed by atoms with Crippen LogP contribution in [-0.2, 0) is 10.0 Å². The fourth-order valence-corrected chi connectivity index (χ4v) is 2.74. The van der Waals surface area contributed by atoms with Crippen LogP contribution in [0, 0.1) is 23.7 Å². The van der Waals surface area contributed by atoms with Crippen LogP contribution < -0.4 is 9.46 Å². The van der Waals surface area contributed by atoms with Crippen LogP contribution in [0.4, 0.5) is 5.69 Å². The number of terminal acetylenes is 1. The summed E-state index contributed by atoms with van der Waals surface area (Å²) in [6.45, 7) is 0. The Balaban J connectivity index is 2.46. The molecular formula is C14H13ClN2O3S. The van der Waals surface area contributed by atoms with E-state index in [2.05, 4.69) is 10.6 Å². The van der Waals surface area contributed by atoms with E-state index in [1.165, 1.54) is 12.1 Å². The fourth-order valence-electron chi connectivity index (χ4n) is 1.99. The molecule has 21 heavy (non-hydrogen) atoms. The van der Waals surface area contributed by atoms with E-state index < -0.39 is 15.6 Å². The molecule has 110 valence electrons. The Kier molecular flexibility index (Phi) is 4.04. The molecule has 0 aromatic heterocycles. The third-order valence-corrected chi connectivity index (χ3v) is 4.12. The molecule has 1 fully saturated rings. The van der Waals surface area contributed by atoms with E-state index in [1.54, 1.807) is 0 Å². The Bertz CT molecular complexity index is 756. The summed E-state index contributed by atoms with van der Waals surface area (Å²) in [5.41, 5.74) is -0.427. The molecule has 1 aromatic carbocycles. The maximum absolute atomic E-state index is 11.4. The summed E-state index contributed by atoms with van der Waals surface area (Å²) in [5.74, 6) is 2.82. The van der Waals surface area contributed by atoms with Gasteiger partial charge in [-0.2, -0.15) is 5.26 Å². The van der Waals surface area contributed by atoms with Crippen molar-refractivity contribution in [2.45, 2.75) is 24.9 Å². The van der Waals surface area contributed by atoms with Gasteiger partial charge in [0.25, 0.3) is 0 Å². The molecule has 7 heteroatoms. The van der Waals surface area contributed by atoms with Crippen LogP contribution in [0.2, 0.25) is 5.02 Å². The number of nitriles is 1. The van der Waals surface area contributed by atoms with Crippen molar-refractivity contribution in [1.82, 2.24) is 0 Å². The predicted octanol–water partition coefficient (Wildman–Crippen LogP) is 2.52. The molecule has 0 saturated heterocycles. The number of rotatable bonds is 4. The second-order valence-electron chi connectivity index (χ2n) is 4.91. The van der Waals surface area contributed by atoms with Crippen LogP contribution >= 0.6 is 11.6 Å². The molecule has 0 bridgehead atoms. The Labute approximate surface area is 128 Å². The smallest absolute Gasteiger partial charge is 0.229 e. The lowest BCUT2D eigenvalue weighted by atomic mass is 9.81. The van der Waals surface area contributed by atoms with Gasteiger partial charge >= 0.3 is 0 Å². The van der Waals surface area contributed by atoms with Gasteiger partial charge in [-0.3, -0.25) is 4.72 Å². The zero-order valence-electron chi connectivity index (χ0n) is 11.3. The van der Waals surface area contributed by atoms with Crippen LogP contribution in [0.15, 0.2) is 12.1 Å². The molecule has 0 heterocycles. The molecule has 0 radical (unpaired) electrons. The zero-order valence-corrected chi connectivity index (χ0v) is 12.9. The first kappa shape index (κ1) is 15.5. The second-order valence-corrected chi connectivity index (χ2v) is 7.06. The van der Waals surface area contributed by atoms with Gasteiger partial charge in [-0.15, -0.1) is 6.42 Å². The summed E-state index contributed by atoms with van der Waals surface area (Å²) in [6, 6.07) is 4.63. The lowest BCUT2D eigenvalue weighted by Gasteiger charge is -2.37. The Hall–Kier alpha value is -1.89. The van der Waals surface area contributed by atoms with Crippen molar-refractivity contribution in [3.63, 3.8) is 0 Å². The van der Waals surface area contributed by atoms with Crippen molar-refractivity contribution in [1.29, 1.82) is 5.26 Å². The predicted molar refractivity (Wildman–Crippen MR) is 80.7 cm³/mol. The van der Waals surface area contributed by atoms with Gasteiger partial charge in [0.05, 0.1) is 22.5 Å². The molecule has 0 amide bonds. The Morgan fingerprint density at radius 3 is 2.57 bits per heavy atom. The number of hydrogen-bond donors (Lipinski definition) is 1. The molecule has 5 nitrogen and oxygen atoms in total. The van der Waals surface area contributed by atoms with Gasteiger partial charge in [0, 0.05) is 6.07 Å². The molecule has 1 N–H and O–H groups in total. The quantitative estimate of drug-likeness (QED) is 0.863. The summed E-state index contributed by atoms with van der Waals surface area (Å²) in [6.07, 6.45) is 8.84. The largest absolute Gasteiger partial charge is 0.472 e. The van der Waals surface area contributed by atoms with Crippen molar-refractivity contribution in [3.8, 4) is 24.2 Å². The summed E-state index contributed by atoms with van der Waals surface area (Å²) in [5, 5.41) is 9.16. The fraction of sp³-hybridized carbons (Fsp3) is 0.357. The maximum atomic E-state index is 11.4. The molecule has 0 atom stereocenters. The second kappa shape index (κ2) is 5.48. The van der Waals surface area contributed by atoms with Crippen molar-refractivity contribution in [2.75, 3.05) is 11.0 Å². The lowest BCUT2D eigenvalue weighted by molar-refractivity contribution is 0.0509. The standard InChI is InChI=1S/C14H13ClN2O3S/c1-3-14(5-4-6-14)20-13-8-11(15)10(9-16)7-12(13)17-21(2,18)19/h1,7-8,17H,4-6H2,2H3. The van der Waals surface area contributed by atoms with E-state index in [0.29, 0.717) is 12.8 Å². The van der Waals surface area contributed by atoms with Crippen molar-refractivity contribution in [2.24, 2.45) is 0 Å². The minimum absolute atomic E-state index is 0.151. The molecule has 1 aliphatic rings. The summed E-state index contributed by atoms with van der Waals surface area (Å²) >= 11 is 5.97. The number of hydrogen-bond acceptors (Lipinski definition) is 4. The number of sulfonamides is 1. The average molecular weight is 325 g/mol. The number of benzene rings is 1. The minimum Gasteiger partial charge on any atom is -0.472 e. The SMILES string of the molecule is C#CC1(Oc2cc(Cl)c(C#N)cc2NS(C)(=O)=O)CCC1. The number of anilines is 1. The number of nitrogens with one attached hydrogen (secondary N) is 1. The number of nitrogens with zero attached hydrogens (tertiary/aromatic N) is 1. The van der Waals surface area contributed by atoms with Crippen molar-refractivity contribution < 1.29 is 13.2 Å². The van der Waals surface area contributed by atoms with Gasteiger partial charge in [0.2, 0.25) is 10.0 Å². The van der Waals surface area contributed by atoms with E-state index >= 15 is 0 Å². The summed E-state index contributed by atoms with van der Waals surface area (Å²) < 4.78 is 31.0. The first-order valence-corrected chi connectivity index (χ1v) is 8.44. The third kappa shape index (κ3) is 3.41. The van der Waals surface area contributed by atoms with Gasteiger partial charge in [-0.25, -0.2) is 8.42 Å². The monoisotopic (exact) mass is 324 g/mol. The maximum Gasteiger partial charge on any atom is 0.229 e. The molecule has 2 rings (SSSR count). The van der Waals surface area contributed by atoms with Crippen molar-refractivity contribution >= 4 is 27.3 Å². The summed E-state index contributed by atoms with van der Waals surface area (Å²) in [7, 11) is -3.52. The third-order valence-electron chi connectivity index (χ3n) is 3.21. The molecule has 0 unspecified atom stereocenters. The van der Waals surface area contributed by atoms with E-state index in [1.807, 2.05) is 6.07 Å². The van der Waals surface area contributed by atoms with Gasteiger partial charge in [-0.05, 0) is 25.3 Å². The molecule has 1 saturated carbocycles. The highest BCUT2D eigenvalue weighted by molar-refractivity contribution is 7.92. The van der Waals surface area contributed by atoms with Crippen LogP contribution in [0.25, 0.3) is 0 Å². The van der Waals surface area contributed by atoms with Crippen LogP contribution in [0.3, 0.4) is 0 Å². The van der Waals surface area contributed by atoms with Gasteiger partial charge in [0.15, 0.2) is 5.60 Å². The van der Waals surface area contributed by atoms with Gasteiger partial charge in [-0.1, -0.05) is 17.5 Å². The lowest BCUT2D eigenvalue weighted by Crippen LogP contribution is -2.41. The Morgan fingerprint density at radius 1 is 1.48 bits per heavy atom. The van der Waals surface area contributed by atoms with E-state index in [9.17, 15) is 8.42 Å². The molecule has 1 aliphatic carbocycles. The number of ether oxygens (including phenoxy) is 1. The first-order chi connectivity index (χ1) is 9.78. The molecular weight excluding hydrogens is 312 g/mol. The van der Waals surface area contributed by atoms with Gasteiger partial charge < -0.3 is 4.74 Å². The van der Waals surface area contributed by atoms with Crippen LogP contribution in [-0.4, -0.2) is 20.3 Å². The molecule has 1 aromatic rings. The highest BCUT2D eigenvalue weighted by atomic mass is 35.5. The normalized spacial score (nSPS) is 16.2.